The van der Waals surface area contributed by atoms with Crippen molar-refractivity contribution >= 4 is 0 Å². The average molecular weight is 569 g/mol. The van der Waals surface area contributed by atoms with Crippen LogP contribution in [0.4, 0.5) is 0 Å². The molecule has 0 unspecified atom stereocenters. The second kappa shape index (κ2) is 16.1. The highest BCUT2D eigenvalue weighted by Gasteiger charge is 2.32. The Kier molecular flexibility index (Phi) is 13.5. The molecule has 0 saturated heterocycles. The first-order valence-electron chi connectivity index (χ1n) is 15.5. The molecule has 228 valence electrons. The molecule has 0 aromatic rings. The maximum absolute atomic E-state index is 10.1. The SMILES string of the molecule is CC(C=CC=C(C)C=CC1=C(C)C[C@@H](O)CC1(C)C)=CC=CC=C(C)/C=C/C=C(C)C=CC1=C(C)C[C@@H](O)CC1(C)C. The molecule has 2 aliphatic rings. The van der Waals surface area contributed by atoms with Gasteiger partial charge in [-0.05, 0) is 89.2 Å². The molecule has 2 atom stereocenters. The van der Waals surface area contributed by atoms with Crippen LogP contribution in [0.5, 0.6) is 0 Å². The van der Waals surface area contributed by atoms with Crippen molar-refractivity contribution in [2.75, 3.05) is 0 Å². The van der Waals surface area contributed by atoms with Crippen molar-refractivity contribution in [1.29, 1.82) is 0 Å². The molecule has 42 heavy (non-hydrogen) atoms. The summed E-state index contributed by atoms with van der Waals surface area (Å²) in [7, 11) is 0. The summed E-state index contributed by atoms with van der Waals surface area (Å²) in [5.41, 5.74) is 10.1. The van der Waals surface area contributed by atoms with Crippen molar-refractivity contribution in [3.63, 3.8) is 0 Å². The molecule has 0 saturated carbocycles. The summed E-state index contributed by atoms with van der Waals surface area (Å²) in [5.74, 6) is 0. The maximum Gasteiger partial charge on any atom is 0.0585 e. The minimum Gasteiger partial charge on any atom is -0.393 e. The summed E-state index contributed by atoms with van der Waals surface area (Å²) < 4.78 is 0. The minimum atomic E-state index is -0.227. The molecule has 2 heteroatoms. The topological polar surface area (TPSA) is 40.5 Å². The normalized spacial score (nSPS) is 25.0. The fourth-order valence-corrected chi connectivity index (χ4v) is 6.13. The number of aliphatic hydroxyl groups is 2. The van der Waals surface area contributed by atoms with Crippen LogP contribution in [0, 0.1) is 10.8 Å². The van der Waals surface area contributed by atoms with Gasteiger partial charge in [0.1, 0.15) is 0 Å². The van der Waals surface area contributed by atoms with E-state index in [1.54, 1.807) is 0 Å². The Bertz CT molecular complexity index is 1190. The molecule has 2 aliphatic carbocycles. The van der Waals surface area contributed by atoms with Crippen LogP contribution in [0.3, 0.4) is 0 Å². The molecule has 0 fully saturated rings. The molecule has 2 rings (SSSR count). The quantitative estimate of drug-likeness (QED) is 0.257. The highest BCUT2D eigenvalue weighted by molar-refractivity contribution is 5.39. The zero-order valence-electron chi connectivity index (χ0n) is 28.0. The van der Waals surface area contributed by atoms with E-state index in [0.29, 0.717) is 0 Å². The smallest absolute Gasteiger partial charge is 0.0585 e. The van der Waals surface area contributed by atoms with Gasteiger partial charge in [0.25, 0.3) is 0 Å². The Labute approximate surface area is 257 Å². The van der Waals surface area contributed by atoms with Crippen molar-refractivity contribution in [2.45, 2.75) is 107 Å². The lowest BCUT2D eigenvalue weighted by molar-refractivity contribution is 0.116. The molecular formula is C40H56O2. The van der Waals surface area contributed by atoms with E-state index >= 15 is 0 Å². The van der Waals surface area contributed by atoms with E-state index in [9.17, 15) is 10.2 Å². The molecule has 2 nitrogen and oxygen atoms in total. The lowest BCUT2D eigenvalue weighted by atomic mass is 9.71. The van der Waals surface area contributed by atoms with E-state index in [1.165, 1.54) is 44.6 Å². The Morgan fingerprint density at radius 3 is 1.19 bits per heavy atom. The van der Waals surface area contributed by atoms with E-state index in [0.717, 1.165) is 25.7 Å². The number of hydrogen-bond donors (Lipinski definition) is 2. The highest BCUT2D eigenvalue weighted by atomic mass is 16.3. The monoisotopic (exact) mass is 568 g/mol. The third-order valence-electron chi connectivity index (χ3n) is 8.24. The van der Waals surface area contributed by atoms with E-state index in [2.05, 4.69) is 154 Å². The van der Waals surface area contributed by atoms with Crippen LogP contribution < -0.4 is 0 Å². The largest absolute Gasteiger partial charge is 0.393 e. The highest BCUT2D eigenvalue weighted by Crippen LogP contribution is 2.42. The van der Waals surface area contributed by atoms with E-state index < -0.39 is 0 Å². The number of aliphatic hydroxyl groups excluding tert-OH is 2. The lowest BCUT2D eigenvalue weighted by Gasteiger charge is -2.35. The second-order valence-electron chi connectivity index (χ2n) is 13.7. The molecule has 0 aromatic carbocycles. The summed E-state index contributed by atoms with van der Waals surface area (Å²) in [5, 5.41) is 20.2. The maximum atomic E-state index is 10.1. The molecule has 0 aromatic heterocycles. The zero-order valence-corrected chi connectivity index (χ0v) is 28.0. The third-order valence-corrected chi connectivity index (χ3v) is 8.24. The van der Waals surface area contributed by atoms with Gasteiger partial charge in [0.05, 0.1) is 12.2 Å². The minimum absolute atomic E-state index is 0.00547. The van der Waals surface area contributed by atoms with Crippen molar-refractivity contribution in [3.05, 3.63) is 130 Å². The average Bonchev–Trinajstić information content (AvgIpc) is 2.84. The van der Waals surface area contributed by atoms with Gasteiger partial charge < -0.3 is 10.2 Å². The van der Waals surface area contributed by atoms with Crippen LogP contribution in [0.1, 0.15) is 94.9 Å². The fourth-order valence-electron chi connectivity index (χ4n) is 6.13. The number of rotatable bonds is 10. The summed E-state index contributed by atoms with van der Waals surface area (Å²) in [6.07, 6.45) is 32.6. The van der Waals surface area contributed by atoms with Crippen molar-refractivity contribution in [2.24, 2.45) is 10.8 Å². The van der Waals surface area contributed by atoms with Gasteiger partial charge in [-0.25, -0.2) is 0 Å². The van der Waals surface area contributed by atoms with E-state index in [1.807, 2.05) is 0 Å². The molecule has 0 heterocycles. The predicted octanol–water partition coefficient (Wildman–Crippen LogP) is 10.5. The first-order valence-corrected chi connectivity index (χ1v) is 15.5. The molecule has 0 bridgehead atoms. The van der Waals surface area contributed by atoms with Crippen LogP contribution in [0.25, 0.3) is 0 Å². The second-order valence-corrected chi connectivity index (χ2v) is 13.7. The summed E-state index contributed by atoms with van der Waals surface area (Å²) in [4.78, 5) is 0. The van der Waals surface area contributed by atoms with Gasteiger partial charge in [-0.3, -0.25) is 0 Å². The molecule has 0 radical (unpaired) electrons. The predicted molar refractivity (Wildman–Crippen MR) is 184 cm³/mol. The van der Waals surface area contributed by atoms with Gasteiger partial charge in [0.15, 0.2) is 0 Å². The molecule has 2 N–H and O–H groups in total. The van der Waals surface area contributed by atoms with Crippen LogP contribution in [0.15, 0.2) is 130 Å². The van der Waals surface area contributed by atoms with Gasteiger partial charge in [-0.15, -0.1) is 0 Å². The summed E-state index contributed by atoms with van der Waals surface area (Å²) in [6.45, 7) is 21.6. The van der Waals surface area contributed by atoms with Crippen molar-refractivity contribution in [1.82, 2.24) is 0 Å². The Balaban J connectivity index is 1.90. The first-order chi connectivity index (χ1) is 19.6. The van der Waals surface area contributed by atoms with Gasteiger partial charge in [0.2, 0.25) is 0 Å². The van der Waals surface area contributed by atoms with Crippen molar-refractivity contribution < 1.29 is 10.2 Å². The molecule has 0 amide bonds. The van der Waals surface area contributed by atoms with Crippen LogP contribution in [-0.4, -0.2) is 22.4 Å². The Morgan fingerprint density at radius 1 is 0.548 bits per heavy atom. The Hall–Kier alpha value is -2.94. The summed E-state index contributed by atoms with van der Waals surface area (Å²) >= 11 is 0. The Morgan fingerprint density at radius 2 is 0.857 bits per heavy atom. The first kappa shape index (κ1) is 35.3. The van der Waals surface area contributed by atoms with Crippen molar-refractivity contribution in [3.8, 4) is 0 Å². The molecular weight excluding hydrogens is 512 g/mol. The molecule has 0 aliphatic heterocycles. The number of allylic oxidation sites excluding steroid dienone is 20. The van der Waals surface area contributed by atoms with Crippen LogP contribution >= 0.6 is 0 Å². The summed E-state index contributed by atoms with van der Waals surface area (Å²) in [6, 6.07) is 0. The fraction of sp³-hybridized carbons (Fsp3) is 0.450. The molecule has 0 spiro atoms. The van der Waals surface area contributed by atoms with Gasteiger partial charge in [-0.2, -0.15) is 0 Å². The van der Waals surface area contributed by atoms with E-state index in [4.69, 9.17) is 0 Å². The third kappa shape index (κ3) is 11.7. The number of hydrogen-bond acceptors (Lipinski definition) is 2. The van der Waals surface area contributed by atoms with Crippen LogP contribution in [-0.2, 0) is 0 Å². The standard InChI is InChI=1S/C40H56O2/c1-29(17-13-19-31(3)21-23-37-33(5)25-35(41)27-39(37,7)8)15-11-12-16-30(2)18-14-20-32(4)22-24-38-34(6)26-36(42)28-40(38,9)10/h11-24,35-36,41-42H,25-28H2,1-10H3/b12-11?,17-13+,18-14?,23-21?,24-22?,29-15?,30-16?,31-19?,32-20?/t35-,36-/m1/s1. The van der Waals surface area contributed by atoms with Gasteiger partial charge in [-0.1, -0.05) is 146 Å². The van der Waals surface area contributed by atoms with Crippen LogP contribution in [0.2, 0.25) is 0 Å². The van der Waals surface area contributed by atoms with Gasteiger partial charge in [0, 0.05) is 0 Å². The lowest BCUT2D eigenvalue weighted by Crippen LogP contribution is -2.28. The van der Waals surface area contributed by atoms with Gasteiger partial charge >= 0.3 is 0 Å². The zero-order chi connectivity index (χ0) is 31.5. The van der Waals surface area contributed by atoms with E-state index in [-0.39, 0.29) is 23.0 Å².